The minimum Gasteiger partial charge on any atom is -0.480 e. The minimum absolute atomic E-state index is 0.0771. The lowest BCUT2D eigenvalue weighted by atomic mass is 10.1. The van der Waals surface area contributed by atoms with Crippen LogP contribution >= 0.6 is 0 Å². The summed E-state index contributed by atoms with van der Waals surface area (Å²) >= 11 is 0. The summed E-state index contributed by atoms with van der Waals surface area (Å²) in [5.74, 6) is -1.48. The third-order valence-corrected chi connectivity index (χ3v) is 4.24. The fourth-order valence-electron chi connectivity index (χ4n) is 3.24. The second-order valence-corrected chi connectivity index (χ2v) is 7.25. The van der Waals surface area contributed by atoms with E-state index in [0.29, 0.717) is 32.4 Å². The van der Waals surface area contributed by atoms with E-state index in [1.165, 1.54) is 4.90 Å². The summed E-state index contributed by atoms with van der Waals surface area (Å²) in [6.45, 7) is 6.65. The van der Waals surface area contributed by atoms with Crippen LogP contribution < -0.4 is 0 Å². The molecule has 0 aromatic carbocycles. The SMILES string of the molecule is CC(C)(C)OC(=O)[C@H]1CCCN1CC(=O)N1CCC[C@@H]1C(=O)O. The van der Waals surface area contributed by atoms with Gasteiger partial charge in [-0.2, -0.15) is 0 Å². The maximum atomic E-state index is 12.4. The van der Waals surface area contributed by atoms with E-state index in [9.17, 15) is 19.5 Å². The van der Waals surface area contributed by atoms with Crippen LogP contribution in [0.15, 0.2) is 0 Å². The fraction of sp³-hybridized carbons (Fsp3) is 0.812. The van der Waals surface area contributed by atoms with Crippen molar-refractivity contribution in [1.82, 2.24) is 9.80 Å². The molecule has 2 atom stereocenters. The molecule has 0 aromatic heterocycles. The second kappa shape index (κ2) is 6.86. The number of likely N-dealkylation sites (tertiary alicyclic amines) is 2. The van der Waals surface area contributed by atoms with Gasteiger partial charge in [0.05, 0.1) is 6.54 Å². The number of carboxylic acid groups (broad SMARTS) is 1. The number of amides is 1. The Hall–Kier alpha value is -1.63. The Morgan fingerprint density at radius 2 is 1.70 bits per heavy atom. The molecule has 0 aliphatic carbocycles. The van der Waals surface area contributed by atoms with Crippen LogP contribution in [0.3, 0.4) is 0 Å². The number of carbonyl (C=O) groups excluding carboxylic acids is 2. The first-order valence-corrected chi connectivity index (χ1v) is 8.18. The molecule has 2 fully saturated rings. The zero-order chi connectivity index (χ0) is 17.2. The standard InChI is InChI=1S/C16H26N2O5/c1-16(2,3)23-15(22)12-7-4-8-17(12)10-13(19)18-9-5-6-11(18)14(20)21/h11-12H,4-10H2,1-3H3,(H,20,21)/t11-,12-/m1/s1. The highest BCUT2D eigenvalue weighted by Gasteiger charge is 2.38. The van der Waals surface area contributed by atoms with Crippen molar-refractivity contribution in [2.24, 2.45) is 0 Å². The fourth-order valence-corrected chi connectivity index (χ4v) is 3.24. The highest BCUT2D eigenvalue weighted by atomic mass is 16.6. The summed E-state index contributed by atoms with van der Waals surface area (Å²) in [4.78, 5) is 39.1. The van der Waals surface area contributed by atoms with Gasteiger partial charge < -0.3 is 14.7 Å². The van der Waals surface area contributed by atoms with Crippen molar-refractivity contribution in [1.29, 1.82) is 0 Å². The van der Waals surface area contributed by atoms with Crippen LogP contribution in [0, 0.1) is 0 Å². The Labute approximate surface area is 136 Å². The van der Waals surface area contributed by atoms with Crippen molar-refractivity contribution in [2.75, 3.05) is 19.6 Å². The quantitative estimate of drug-likeness (QED) is 0.771. The van der Waals surface area contributed by atoms with E-state index in [-0.39, 0.29) is 18.4 Å². The van der Waals surface area contributed by atoms with Gasteiger partial charge in [-0.15, -0.1) is 0 Å². The molecule has 2 saturated heterocycles. The van der Waals surface area contributed by atoms with Crippen molar-refractivity contribution < 1.29 is 24.2 Å². The summed E-state index contributed by atoms with van der Waals surface area (Å²) < 4.78 is 5.42. The zero-order valence-corrected chi connectivity index (χ0v) is 14.1. The topological polar surface area (TPSA) is 87.2 Å². The molecule has 0 bridgehead atoms. The summed E-state index contributed by atoms with van der Waals surface area (Å²) in [6.07, 6.45) is 2.71. The van der Waals surface area contributed by atoms with E-state index in [4.69, 9.17) is 4.74 Å². The molecule has 2 aliphatic heterocycles. The molecule has 0 spiro atoms. The molecule has 0 unspecified atom stereocenters. The van der Waals surface area contributed by atoms with Gasteiger partial charge in [0.15, 0.2) is 0 Å². The van der Waals surface area contributed by atoms with Gasteiger partial charge in [-0.3, -0.25) is 14.5 Å². The Bertz CT molecular complexity index is 485. The molecule has 0 saturated carbocycles. The lowest BCUT2D eigenvalue weighted by molar-refractivity contribution is -0.161. The Kier molecular flexibility index (Phi) is 5.29. The van der Waals surface area contributed by atoms with Gasteiger partial charge in [-0.25, -0.2) is 4.79 Å². The smallest absolute Gasteiger partial charge is 0.326 e. The van der Waals surface area contributed by atoms with E-state index in [0.717, 1.165) is 6.42 Å². The van der Waals surface area contributed by atoms with Gasteiger partial charge in [-0.05, 0) is 53.0 Å². The first kappa shape index (κ1) is 17.7. The first-order chi connectivity index (χ1) is 10.7. The second-order valence-electron chi connectivity index (χ2n) is 7.25. The average molecular weight is 326 g/mol. The maximum Gasteiger partial charge on any atom is 0.326 e. The molecular formula is C16H26N2O5. The number of ether oxygens (including phenoxy) is 1. The van der Waals surface area contributed by atoms with E-state index in [1.54, 1.807) is 0 Å². The average Bonchev–Trinajstić information content (AvgIpc) is 3.04. The summed E-state index contributed by atoms with van der Waals surface area (Å²) in [7, 11) is 0. The van der Waals surface area contributed by atoms with E-state index in [1.807, 2.05) is 25.7 Å². The predicted molar refractivity (Wildman–Crippen MR) is 82.8 cm³/mol. The van der Waals surface area contributed by atoms with Gasteiger partial charge >= 0.3 is 11.9 Å². The van der Waals surface area contributed by atoms with Crippen molar-refractivity contribution in [3.8, 4) is 0 Å². The van der Waals surface area contributed by atoms with Crippen LogP contribution in [0.1, 0.15) is 46.5 Å². The van der Waals surface area contributed by atoms with Crippen molar-refractivity contribution in [3.05, 3.63) is 0 Å². The molecule has 7 heteroatoms. The lowest BCUT2D eigenvalue weighted by Gasteiger charge is -2.29. The van der Waals surface area contributed by atoms with E-state index < -0.39 is 23.7 Å². The van der Waals surface area contributed by atoms with Gasteiger partial charge in [-0.1, -0.05) is 0 Å². The first-order valence-electron chi connectivity index (χ1n) is 8.18. The number of nitrogens with zero attached hydrogens (tertiary/aromatic N) is 2. The molecule has 2 aliphatic rings. The molecule has 2 heterocycles. The van der Waals surface area contributed by atoms with Crippen LogP contribution in [0.2, 0.25) is 0 Å². The third-order valence-electron chi connectivity index (χ3n) is 4.24. The summed E-state index contributed by atoms with van der Waals surface area (Å²) in [6, 6.07) is -1.14. The molecule has 23 heavy (non-hydrogen) atoms. The van der Waals surface area contributed by atoms with Gasteiger partial charge in [0, 0.05) is 6.54 Å². The normalized spacial score (nSPS) is 25.6. The third kappa shape index (κ3) is 4.43. The molecular weight excluding hydrogens is 300 g/mol. The molecule has 7 nitrogen and oxygen atoms in total. The van der Waals surface area contributed by atoms with Crippen LogP contribution in [0.5, 0.6) is 0 Å². The number of carbonyl (C=O) groups is 3. The monoisotopic (exact) mass is 326 g/mol. The number of hydrogen-bond acceptors (Lipinski definition) is 5. The van der Waals surface area contributed by atoms with Crippen molar-refractivity contribution >= 4 is 17.8 Å². The van der Waals surface area contributed by atoms with Crippen molar-refractivity contribution in [2.45, 2.75) is 64.1 Å². The highest BCUT2D eigenvalue weighted by molar-refractivity contribution is 5.86. The Balaban J connectivity index is 1.97. The Morgan fingerprint density at radius 3 is 2.30 bits per heavy atom. The van der Waals surface area contributed by atoms with Crippen LogP contribution in [0.25, 0.3) is 0 Å². The molecule has 2 rings (SSSR count). The minimum atomic E-state index is -0.957. The van der Waals surface area contributed by atoms with Crippen LogP contribution in [-0.4, -0.2) is 70.1 Å². The van der Waals surface area contributed by atoms with Gasteiger partial charge in [0.1, 0.15) is 17.7 Å². The summed E-state index contributed by atoms with van der Waals surface area (Å²) in [5, 5.41) is 9.18. The summed E-state index contributed by atoms with van der Waals surface area (Å²) in [5.41, 5.74) is -0.557. The number of aliphatic carboxylic acids is 1. The van der Waals surface area contributed by atoms with Crippen LogP contribution in [0.4, 0.5) is 0 Å². The molecule has 1 amide bonds. The lowest BCUT2D eigenvalue weighted by Crippen LogP contribution is -2.48. The highest BCUT2D eigenvalue weighted by Crippen LogP contribution is 2.23. The number of rotatable bonds is 4. The molecule has 130 valence electrons. The molecule has 0 aromatic rings. The number of esters is 1. The van der Waals surface area contributed by atoms with Crippen molar-refractivity contribution in [3.63, 3.8) is 0 Å². The maximum absolute atomic E-state index is 12.4. The number of hydrogen-bond donors (Lipinski definition) is 1. The Morgan fingerprint density at radius 1 is 1.09 bits per heavy atom. The molecule has 1 N–H and O–H groups in total. The van der Waals surface area contributed by atoms with Gasteiger partial charge in [0.2, 0.25) is 5.91 Å². The number of carboxylic acids is 1. The largest absolute Gasteiger partial charge is 0.480 e. The zero-order valence-electron chi connectivity index (χ0n) is 14.1. The van der Waals surface area contributed by atoms with E-state index in [2.05, 4.69) is 0 Å². The molecule has 0 radical (unpaired) electrons. The van der Waals surface area contributed by atoms with Crippen LogP contribution in [-0.2, 0) is 19.1 Å². The predicted octanol–water partition coefficient (Wildman–Crippen LogP) is 0.868. The van der Waals surface area contributed by atoms with E-state index >= 15 is 0 Å². The van der Waals surface area contributed by atoms with Gasteiger partial charge in [0.25, 0.3) is 0 Å².